The summed E-state index contributed by atoms with van der Waals surface area (Å²) in [5.74, 6) is -81.1. The van der Waals surface area contributed by atoms with Crippen molar-refractivity contribution in [3.05, 3.63) is 140 Å². The van der Waals surface area contributed by atoms with Gasteiger partial charge in [0, 0.05) is 0 Å². The van der Waals surface area contributed by atoms with Crippen LogP contribution in [0, 0.1) is 93.1 Å². The first-order valence-electron chi connectivity index (χ1n) is 14.1. The Kier molecular flexibility index (Phi) is 13.0. The first kappa shape index (κ1) is 47.9. The summed E-state index contributed by atoms with van der Waals surface area (Å²) < 4.78 is 414. The highest BCUT2D eigenvalue weighted by atomic mass is 32.3. The maximum atomic E-state index is 16.2. The van der Waals surface area contributed by atoms with Crippen LogP contribution in [0.4, 0.5) is 123 Å². The fraction of sp³-hybridized carbons (Fsp3) is 0. The SMILES string of the molecule is FC(F)=C(F)c1c(F)c(F)c(S(c2c(F)c(F)c(C(F)=C(F)F)c(F)c2F)(c2c(F)c(F)c(C(F)=C(F)F)c(F)c2F)c2c(F)c(F)c(C(F)=C(F)F)c(F)c2F)c(F)c1F. The Morgan fingerprint density at radius 1 is 0.197 bits per heavy atom. The molecule has 0 heterocycles. The van der Waals surface area contributed by atoms with E-state index in [2.05, 4.69) is 0 Å². The van der Waals surface area contributed by atoms with Crippen molar-refractivity contribution in [2.24, 2.45) is 0 Å². The van der Waals surface area contributed by atoms with E-state index in [1.54, 1.807) is 0 Å². The zero-order chi connectivity index (χ0) is 47.0. The fourth-order valence-corrected chi connectivity index (χ4v) is 9.37. The van der Waals surface area contributed by atoms with E-state index in [0.717, 1.165) is 0 Å². The van der Waals surface area contributed by atoms with Gasteiger partial charge in [-0.3, -0.25) is 0 Å². The molecule has 4 rings (SSSR count). The molecule has 0 saturated carbocycles. The molecule has 0 atom stereocenters. The second kappa shape index (κ2) is 16.6. The van der Waals surface area contributed by atoms with E-state index in [0.29, 0.717) is 0 Å². The molecule has 0 radical (unpaired) electrons. The Hall–Kier alpha value is -5.77. The van der Waals surface area contributed by atoms with Gasteiger partial charge in [0.2, 0.25) is 23.3 Å². The third kappa shape index (κ3) is 6.92. The summed E-state index contributed by atoms with van der Waals surface area (Å²) in [5, 5.41) is 0. The molecular formula is C32F28S. The van der Waals surface area contributed by atoms with Gasteiger partial charge in [-0.05, 0) is 0 Å². The van der Waals surface area contributed by atoms with Crippen molar-refractivity contribution in [2.45, 2.75) is 19.6 Å². The Balaban J connectivity index is 2.78. The average molecular weight is 948 g/mol. The molecule has 0 amide bonds. The van der Waals surface area contributed by atoms with Crippen molar-refractivity contribution < 1.29 is 123 Å². The molecule has 0 aliphatic carbocycles. The molecule has 0 saturated heterocycles. The van der Waals surface area contributed by atoms with Gasteiger partial charge in [-0.1, -0.05) is 0 Å². The lowest BCUT2D eigenvalue weighted by Crippen LogP contribution is -2.24. The molecule has 0 fully saturated rings. The highest BCUT2D eigenvalue weighted by molar-refractivity contribution is 8.34. The van der Waals surface area contributed by atoms with E-state index in [1.807, 2.05) is 0 Å². The minimum Gasteiger partial charge on any atom is -0.203 e. The van der Waals surface area contributed by atoms with Crippen LogP contribution < -0.4 is 0 Å². The van der Waals surface area contributed by atoms with Crippen LogP contribution in [0.5, 0.6) is 0 Å². The minimum atomic E-state index is -8.41. The van der Waals surface area contributed by atoms with Crippen LogP contribution >= 0.6 is 10.0 Å². The molecule has 0 bridgehead atoms. The van der Waals surface area contributed by atoms with Crippen molar-refractivity contribution in [1.82, 2.24) is 0 Å². The van der Waals surface area contributed by atoms with Crippen LogP contribution in [-0.2, 0) is 0 Å². The van der Waals surface area contributed by atoms with E-state index in [1.165, 1.54) is 0 Å². The zero-order valence-electron chi connectivity index (χ0n) is 27.0. The second-order valence-corrected chi connectivity index (χ2v) is 13.6. The summed E-state index contributed by atoms with van der Waals surface area (Å²) in [5.41, 5.74) is -13.9. The van der Waals surface area contributed by atoms with E-state index < -0.39 is 193 Å². The van der Waals surface area contributed by atoms with Gasteiger partial charge >= 0.3 is 24.3 Å². The molecule has 0 unspecified atom stereocenters. The van der Waals surface area contributed by atoms with Gasteiger partial charge < -0.3 is 0 Å². The lowest BCUT2D eigenvalue weighted by molar-refractivity contribution is 0.384. The van der Waals surface area contributed by atoms with E-state index >= 15 is 70.2 Å². The van der Waals surface area contributed by atoms with Crippen LogP contribution in [0.25, 0.3) is 23.3 Å². The third-order valence-electron chi connectivity index (χ3n) is 7.66. The highest BCUT2D eigenvalue weighted by Crippen LogP contribution is 2.78. The average Bonchev–Trinajstić information content (AvgIpc) is 3.17. The largest absolute Gasteiger partial charge is 0.306 e. The van der Waals surface area contributed by atoms with Crippen LogP contribution in [0.3, 0.4) is 0 Å². The fourth-order valence-electron chi connectivity index (χ4n) is 5.28. The first-order chi connectivity index (χ1) is 28.0. The molecule has 0 aliphatic heterocycles. The summed E-state index contributed by atoms with van der Waals surface area (Å²) in [6.45, 7) is 0. The highest BCUT2D eigenvalue weighted by Gasteiger charge is 2.55. The van der Waals surface area contributed by atoms with Crippen molar-refractivity contribution in [3.8, 4) is 0 Å². The molecule has 330 valence electrons. The second-order valence-electron chi connectivity index (χ2n) is 10.8. The number of benzene rings is 4. The van der Waals surface area contributed by atoms with E-state index in [4.69, 9.17) is 0 Å². The van der Waals surface area contributed by atoms with Gasteiger partial charge in [-0.2, -0.15) is 35.1 Å². The number of halogens is 28. The van der Waals surface area contributed by atoms with Gasteiger partial charge in [-0.15, -0.1) is 10.0 Å². The molecule has 0 nitrogen and oxygen atoms in total. The Morgan fingerprint density at radius 2 is 0.311 bits per heavy atom. The Morgan fingerprint density at radius 3 is 0.410 bits per heavy atom. The van der Waals surface area contributed by atoms with Crippen LogP contribution in [0.2, 0.25) is 0 Å². The predicted molar refractivity (Wildman–Crippen MR) is 147 cm³/mol. The van der Waals surface area contributed by atoms with Crippen LogP contribution in [0.1, 0.15) is 22.3 Å². The predicted octanol–water partition coefficient (Wildman–Crippen LogP) is 15.4. The quantitative estimate of drug-likeness (QED) is 0.122. The lowest BCUT2D eigenvalue weighted by atomic mass is 10.1. The minimum absolute atomic E-state index is 3.48. The Bertz CT molecular complexity index is 2220. The van der Waals surface area contributed by atoms with E-state index in [9.17, 15) is 52.7 Å². The zero-order valence-corrected chi connectivity index (χ0v) is 27.8. The van der Waals surface area contributed by atoms with Crippen LogP contribution in [-0.4, -0.2) is 0 Å². The standard InChI is InChI=1S/C32F28S/c33-5-1(13(41)29(53)54)6(34)18(46)25(17(5)45)61(26-19(47)7(35)2(8(36)20(26)48)14(42)30(55)56,27-21(49)9(37)3(10(38)22(27)50)15(43)31(57)58)28-23(51)11(39)4(12(40)24(28)52)16(44)32(59)60. The van der Waals surface area contributed by atoms with Crippen molar-refractivity contribution in [2.75, 3.05) is 0 Å². The first-order valence-corrected chi connectivity index (χ1v) is 15.7. The van der Waals surface area contributed by atoms with Gasteiger partial charge in [0.05, 0.1) is 41.8 Å². The van der Waals surface area contributed by atoms with Gasteiger partial charge in [0.25, 0.3) is 0 Å². The summed E-state index contributed by atoms with van der Waals surface area (Å²) in [6.07, 6.45) is -16.2. The number of hydrogen-bond donors (Lipinski definition) is 0. The number of rotatable bonds is 8. The van der Waals surface area contributed by atoms with Gasteiger partial charge in [-0.25, -0.2) is 87.8 Å². The molecule has 4 aromatic rings. The van der Waals surface area contributed by atoms with Crippen molar-refractivity contribution in [3.63, 3.8) is 0 Å². The molecule has 0 N–H and O–H groups in total. The monoisotopic (exact) mass is 948 g/mol. The summed E-state index contributed by atoms with van der Waals surface area (Å²) in [6, 6.07) is 0. The smallest absolute Gasteiger partial charge is 0.203 e. The normalized spacial score (nSPS) is 11.9. The van der Waals surface area contributed by atoms with E-state index in [-0.39, 0.29) is 0 Å². The topological polar surface area (TPSA) is 0 Å². The van der Waals surface area contributed by atoms with Crippen molar-refractivity contribution in [1.29, 1.82) is 0 Å². The molecule has 0 spiro atoms. The lowest BCUT2D eigenvalue weighted by Gasteiger charge is -2.43. The molecule has 4 aromatic carbocycles. The maximum absolute atomic E-state index is 16.2. The summed E-state index contributed by atoms with van der Waals surface area (Å²) in [4.78, 5) is -16.5. The number of hydrogen-bond acceptors (Lipinski definition) is 0. The summed E-state index contributed by atoms with van der Waals surface area (Å²) >= 11 is 0. The third-order valence-corrected chi connectivity index (χ3v) is 11.5. The van der Waals surface area contributed by atoms with Gasteiger partial charge in [0.1, 0.15) is 0 Å². The summed E-state index contributed by atoms with van der Waals surface area (Å²) in [7, 11) is -8.41. The molecule has 0 aromatic heterocycles. The van der Waals surface area contributed by atoms with Gasteiger partial charge in [0.15, 0.2) is 93.1 Å². The maximum Gasteiger partial charge on any atom is 0.306 e. The molecule has 29 heteroatoms. The molecular weight excluding hydrogens is 948 g/mol. The van der Waals surface area contributed by atoms with Crippen LogP contribution in [0.15, 0.2) is 43.9 Å². The molecule has 0 aliphatic rings. The molecule has 61 heavy (non-hydrogen) atoms. The van der Waals surface area contributed by atoms with Crippen molar-refractivity contribution >= 4 is 33.3 Å². The Labute approximate surface area is 315 Å².